The largest absolute Gasteiger partial charge is 0.357 e. The van der Waals surface area contributed by atoms with E-state index in [9.17, 15) is 0 Å². The van der Waals surface area contributed by atoms with Crippen molar-refractivity contribution < 1.29 is 0 Å². The van der Waals surface area contributed by atoms with E-state index in [1.807, 2.05) is 24.9 Å². The van der Waals surface area contributed by atoms with Crippen LogP contribution in [0.3, 0.4) is 0 Å². The Bertz CT molecular complexity index is 502. The van der Waals surface area contributed by atoms with Crippen molar-refractivity contribution in [2.24, 2.45) is 4.99 Å². The number of aryl methyl sites for hydroxylation is 1. The molecule has 2 rings (SSSR count). The molecule has 1 aliphatic heterocycles. The van der Waals surface area contributed by atoms with E-state index in [0.29, 0.717) is 4.75 Å². The van der Waals surface area contributed by atoms with Gasteiger partial charge in [0.25, 0.3) is 0 Å². The normalized spacial score (nSPS) is 17.6. The van der Waals surface area contributed by atoms with E-state index in [4.69, 9.17) is 4.99 Å². The molecule has 6 heteroatoms. The zero-order valence-electron chi connectivity index (χ0n) is 14.6. The van der Waals surface area contributed by atoms with Crippen LogP contribution in [-0.2, 0) is 6.42 Å². The molecule has 0 unspecified atom stereocenters. The molecule has 1 fully saturated rings. The van der Waals surface area contributed by atoms with Gasteiger partial charge in [-0.15, -0.1) is 24.0 Å². The summed E-state index contributed by atoms with van der Waals surface area (Å²) in [6, 6.07) is 4.21. The summed E-state index contributed by atoms with van der Waals surface area (Å²) in [6.45, 7) is 12.6. The summed E-state index contributed by atoms with van der Waals surface area (Å²) in [5.41, 5.74) is 2.31. The van der Waals surface area contributed by atoms with Gasteiger partial charge in [0, 0.05) is 48.6 Å². The van der Waals surface area contributed by atoms with Crippen LogP contribution in [-0.4, -0.2) is 52.5 Å². The first-order valence-corrected chi connectivity index (χ1v) is 9.07. The highest BCUT2D eigenvalue weighted by molar-refractivity contribution is 14.0. The molecule has 0 aliphatic carbocycles. The van der Waals surface area contributed by atoms with Gasteiger partial charge in [-0.2, -0.15) is 11.8 Å². The quantitative estimate of drug-likeness (QED) is 0.436. The molecule has 4 nitrogen and oxygen atoms in total. The summed E-state index contributed by atoms with van der Waals surface area (Å²) in [7, 11) is 0. The van der Waals surface area contributed by atoms with Crippen molar-refractivity contribution in [3.63, 3.8) is 0 Å². The number of pyridine rings is 1. The lowest BCUT2D eigenvalue weighted by molar-refractivity contribution is 0.376. The number of aromatic nitrogens is 1. The lowest BCUT2D eigenvalue weighted by Crippen LogP contribution is -2.51. The second kappa shape index (κ2) is 9.71. The van der Waals surface area contributed by atoms with E-state index < -0.39 is 0 Å². The van der Waals surface area contributed by atoms with E-state index in [2.05, 4.69) is 48.1 Å². The minimum absolute atomic E-state index is 0. The number of nitrogens with zero attached hydrogens (tertiary/aromatic N) is 3. The zero-order chi connectivity index (χ0) is 16.0. The minimum Gasteiger partial charge on any atom is -0.357 e. The molecular formula is C17H29IN4S. The maximum absolute atomic E-state index is 4.81. The van der Waals surface area contributed by atoms with Gasteiger partial charge in [0.05, 0.1) is 0 Å². The number of hydrogen-bond acceptors (Lipinski definition) is 3. The molecule has 0 spiro atoms. The lowest BCUT2D eigenvalue weighted by Gasteiger charge is -2.39. The summed E-state index contributed by atoms with van der Waals surface area (Å²) in [5.74, 6) is 2.22. The van der Waals surface area contributed by atoms with Crippen molar-refractivity contribution in [3.8, 4) is 0 Å². The molecule has 0 bridgehead atoms. The van der Waals surface area contributed by atoms with E-state index >= 15 is 0 Å². The van der Waals surface area contributed by atoms with Gasteiger partial charge in [-0.1, -0.05) is 6.07 Å². The number of nitrogens with one attached hydrogen (secondary N) is 1. The van der Waals surface area contributed by atoms with Gasteiger partial charge >= 0.3 is 0 Å². The van der Waals surface area contributed by atoms with Gasteiger partial charge < -0.3 is 10.2 Å². The summed E-state index contributed by atoms with van der Waals surface area (Å²) in [5, 5.41) is 3.44. The predicted octanol–water partition coefficient (Wildman–Crippen LogP) is 3.34. The minimum atomic E-state index is 0. The molecule has 23 heavy (non-hydrogen) atoms. The first kappa shape index (κ1) is 20.5. The third-order valence-electron chi connectivity index (χ3n) is 3.69. The lowest BCUT2D eigenvalue weighted by atomic mass is 10.2. The van der Waals surface area contributed by atoms with Crippen molar-refractivity contribution in [1.82, 2.24) is 15.2 Å². The van der Waals surface area contributed by atoms with Gasteiger partial charge in [-0.3, -0.25) is 9.98 Å². The standard InChI is InChI=1S/C17H28N4S.HI/c1-5-18-16(21-10-11-22-17(3,4)13-21)19-9-8-15-7-6-14(2)20-12-15;/h6-7,12H,5,8-11,13H2,1-4H3,(H,18,19);1H. The number of guanidine groups is 1. The number of thioether (sulfide) groups is 1. The van der Waals surface area contributed by atoms with Crippen LogP contribution >= 0.6 is 35.7 Å². The first-order valence-electron chi connectivity index (χ1n) is 8.09. The predicted molar refractivity (Wildman–Crippen MR) is 112 cm³/mol. The van der Waals surface area contributed by atoms with Crippen LogP contribution in [0, 0.1) is 6.92 Å². The Labute approximate surface area is 161 Å². The first-order chi connectivity index (χ1) is 10.5. The summed E-state index contributed by atoms with van der Waals surface area (Å²) in [4.78, 5) is 11.6. The highest BCUT2D eigenvalue weighted by atomic mass is 127. The Morgan fingerprint density at radius 2 is 2.22 bits per heavy atom. The number of hydrogen-bond donors (Lipinski definition) is 1. The highest BCUT2D eigenvalue weighted by Gasteiger charge is 2.28. The molecule has 1 aromatic rings. The molecule has 0 amide bonds. The van der Waals surface area contributed by atoms with E-state index in [1.54, 1.807) is 0 Å². The molecular weight excluding hydrogens is 419 g/mol. The Hall–Kier alpha value is -0.500. The number of rotatable bonds is 4. The zero-order valence-corrected chi connectivity index (χ0v) is 17.8. The number of aliphatic imine (C=N–C) groups is 1. The van der Waals surface area contributed by atoms with Crippen LogP contribution < -0.4 is 5.32 Å². The van der Waals surface area contributed by atoms with Crippen LogP contribution in [0.4, 0.5) is 0 Å². The van der Waals surface area contributed by atoms with Gasteiger partial charge in [-0.25, -0.2) is 0 Å². The molecule has 1 N–H and O–H groups in total. The molecule has 2 heterocycles. The van der Waals surface area contributed by atoms with Gasteiger partial charge in [-0.05, 0) is 45.7 Å². The van der Waals surface area contributed by atoms with E-state index in [-0.39, 0.29) is 24.0 Å². The van der Waals surface area contributed by atoms with Crippen molar-refractivity contribution >= 4 is 41.7 Å². The summed E-state index contributed by atoms with van der Waals surface area (Å²) < 4.78 is 0.301. The third kappa shape index (κ3) is 6.87. The van der Waals surface area contributed by atoms with Crippen LogP contribution in [0.5, 0.6) is 0 Å². The molecule has 0 aromatic carbocycles. The Kier molecular flexibility index (Phi) is 8.68. The van der Waals surface area contributed by atoms with Crippen LogP contribution in [0.25, 0.3) is 0 Å². The van der Waals surface area contributed by atoms with E-state index in [1.165, 1.54) is 11.3 Å². The smallest absolute Gasteiger partial charge is 0.193 e. The third-order valence-corrected chi connectivity index (χ3v) is 4.99. The summed E-state index contributed by atoms with van der Waals surface area (Å²) in [6.07, 6.45) is 2.90. The molecule has 0 radical (unpaired) electrons. The second-order valence-corrected chi connectivity index (χ2v) is 8.13. The highest BCUT2D eigenvalue weighted by Crippen LogP contribution is 2.29. The van der Waals surface area contributed by atoms with Gasteiger partial charge in [0.1, 0.15) is 0 Å². The fourth-order valence-electron chi connectivity index (χ4n) is 2.56. The van der Waals surface area contributed by atoms with E-state index in [0.717, 1.165) is 44.3 Å². The van der Waals surface area contributed by atoms with Crippen molar-refractivity contribution in [2.75, 3.05) is 31.9 Å². The fraction of sp³-hybridized carbons (Fsp3) is 0.647. The topological polar surface area (TPSA) is 40.5 Å². The molecule has 0 saturated carbocycles. The SMILES string of the molecule is CCNC(=NCCc1ccc(C)nc1)N1CCSC(C)(C)C1.I. The Morgan fingerprint density at radius 3 is 2.83 bits per heavy atom. The monoisotopic (exact) mass is 448 g/mol. The second-order valence-electron chi connectivity index (χ2n) is 6.32. The van der Waals surface area contributed by atoms with Gasteiger partial charge in [0.15, 0.2) is 5.96 Å². The van der Waals surface area contributed by atoms with Crippen LogP contribution in [0.15, 0.2) is 23.3 Å². The average Bonchev–Trinajstić information content (AvgIpc) is 2.47. The van der Waals surface area contributed by atoms with Crippen LogP contribution in [0.2, 0.25) is 0 Å². The molecule has 1 aliphatic rings. The van der Waals surface area contributed by atoms with Gasteiger partial charge in [0.2, 0.25) is 0 Å². The molecule has 130 valence electrons. The van der Waals surface area contributed by atoms with Crippen molar-refractivity contribution in [1.29, 1.82) is 0 Å². The van der Waals surface area contributed by atoms with Crippen LogP contribution in [0.1, 0.15) is 32.0 Å². The maximum atomic E-state index is 4.81. The number of halogens is 1. The molecule has 1 aromatic heterocycles. The Morgan fingerprint density at radius 1 is 1.43 bits per heavy atom. The maximum Gasteiger partial charge on any atom is 0.193 e. The molecule has 0 atom stereocenters. The molecule has 1 saturated heterocycles. The summed E-state index contributed by atoms with van der Waals surface area (Å²) >= 11 is 2.05. The average molecular weight is 448 g/mol. The fourth-order valence-corrected chi connectivity index (χ4v) is 3.67. The Balaban J connectivity index is 0.00000264. The van der Waals surface area contributed by atoms with Crippen molar-refractivity contribution in [3.05, 3.63) is 29.6 Å². The van der Waals surface area contributed by atoms with Crippen molar-refractivity contribution in [2.45, 2.75) is 38.9 Å².